The Bertz CT molecular complexity index is 1100. The highest BCUT2D eigenvalue weighted by Crippen LogP contribution is 2.40. The Kier molecular flexibility index (Phi) is 5.75. The molecule has 0 aromatic carbocycles. The Morgan fingerprint density at radius 1 is 1.34 bits per heavy atom. The molecule has 0 radical (unpaired) electrons. The minimum absolute atomic E-state index is 0.139. The number of fused-ring (bicyclic) bond motifs is 1. The van der Waals surface area contributed by atoms with Gasteiger partial charge in [-0.05, 0) is 55.7 Å². The first-order valence-corrected chi connectivity index (χ1v) is 12.9. The van der Waals surface area contributed by atoms with Crippen molar-refractivity contribution in [3.05, 3.63) is 32.5 Å². The lowest BCUT2D eigenvalue weighted by atomic mass is 9.88. The van der Waals surface area contributed by atoms with Crippen LogP contribution in [0.15, 0.2) is 16.3 Å². The summed E-state index contributed by atoms with van der Waals surface area (Å²) >= 11 is 8.33. The van der Waals surface area contributed by atoms with Crippen molar-refractivity contribution >= 4 is 55.2 Å². The third-order valence-electron chi connectivity index (χ3n) is 5.48. The highest BCUT2D eigenvalue weighted by molar-refractivity contribution is 7.91. The first kappa shape index (κ1) is 20.8. The second-order valence-corrected chi connectivity index (χ2v) is 12.4. The number of rotatable bonds is 4. The minimum Gasteiger partial charge on any atom is -0.315 e. The third kappa shape index (κ3) is 3.84. The number of halogens is 1. The van der Waals surface area contributed by atoms with Crippen molar-refractivity contribution in [1.82, 2.24) is 4.31 Å². The molecular weight excluding hydrogens is 450 g/mol. The predicted molar refractivity (Wildman–Crippen MR) is 115 cm³/mol. The number of nitrogens with one attached hydrogen (secondary N) is 1. The number of sulfonamides is 1. The molecule has 29 heavy (non-hydrogen) atoms. The molecule has 0 bridgehead atoms. The summed E-state index contributed by atoms with van der Waals surface area (Å²) in [5.41, 5.74) is 1.57. The van der Waals surface area contributed by atoms with Gasteiger partial charge in [-0.1, -0.05) is 18.5 Å². The van der Waals surface area contributed by atoms with Gasteiger partial charge in [0.15, 0.2) is 0 Å². The van der Waals surface area contributed by atoms with Gasteiger partial charge >= 0.3 is 0 Å². The summed E-state index contributed by atoms with van der Waals surface area (Å²) in [5.74, 6) is 0.182. The van der Waals surface area contributed by atoms with Crippen molar-refractivity contribution in [3.8, 4) is 6.07 Å². The fraction of sp³-hybridized carbons (Fsp3) is 0.474. The number of nitrogens with zero attached hydrogens (tertiary/aromatic N) is 2. The molecule has 1 aliphatic heterocycles. The SMILES string of the molecule is CC1CCc2c(sc(NC(=O)C3CCCN3S(=O)(=O)c3ccc(Cl)s3)c2C#N)C1. The average molecular weight is 470 g/mol. The normalized spacial score (nSPS) is 22.2. The summed E-state index contributed by atoms with van der Waals surface area (Å²) in [6, 6.07) is 4.46. The fourth-order valence-electron chi connectivity index (χ4n) is 3.99. The van der Waals surface area contributed by atoms with Gasteiger partial charge in [0.25, 0.3) is 10.0 Å². The quantitative estimate of drug-likeness (QED) is 0.724. The van der Waals surface area contributed by atoms with Crippen LogP contribution in [0, 0.1) is 17.2 Å². The largest absolute Gasteiger partial charge is 0.315 e. The van der Waals surface area contributed by atoms with E-state index in [1.165, 1.54) is 21.7 Å². The number of carbonyl (C=O) groups excluding carboxylic acids is 1. The molecule has 10 heteroatoms. The zero-order chi connectivity index (χ0) is 20.8. The summed E-state index contributed by atoms with van der Waals surface area (Å²) in [4.78, 5) is 14.2. The number of hydrogen-bond donors (Lipinski definition) is 1. The predicted octanol–water partition coefficient (Wildman–Crippen LogP) is 4.25. The molecule has 1 N–H and O–H groups in total. The van der Waals surface area contributed by atoms with Crippen molar-refractivity contribution in [3.63, 3.8) is 0 Å². The number of carbonyl (C=O) groups is 1. The Labute approximate surface area is 183 Å². The van der Waals surface area contributed by atoms with Crippen molar-refractivity contribution in [2.45, 2.75) is 49.3 Å². The minimum atomic E-state index is -3.78. The zero-order valence-electron chi connectivity index (χ0n) is 15.8. The molecule has 2 atom stereocenters. The van der Waals surface area contributed by atoms with E-state index in [4.69, 9.17) is 11.6 Å². The van der Waals surface area contributed by atoms with E-state index in [1.54, 1.807) is 6.07 Å². The Morgan fingerprint density at radius 2 is 2.14 bits per heavy atom. The van der Waals surface area contributed by atoms with Crippen LogP contribution in [0.3, 0.4) is 0 Å². The number of thiophene rings is 2. The molecule has 2 aliphatic rings. The molecule has 1 fully saturated rings. The van der Waals surface area contributed by atoms with E-state index in [2.05, 4.69) is 18.3 Å². The topological polar surface area (TPSA) is 90.3 Å². The summed E-state index contributed by atoms with van der Waals surface area (Å²) in [5, 5.41) is 13.0. The van der Waals surface area contributed by atoms with E-state index in [0.29, 0.717) is 40.2 Å². The van der Waals surface area contributed by atoms with Crippen LogP contribution < -0.4 is 5.32 Å². The summed E-state index contributed by atoms with van der Waals surface area (Å²) in [6.45, 7) is 2.48. The molecule has 1 saturated heterocycles. The van der Waals surface area contributed by atoms with Crippen LogP contribution in [-0.4, -0.2) is 31.2 Å². The lowest BCUT2D eigenvalue weighted by Crippen LogP contribution is -2.42. The number of amides is 1. The van der Waals surface area contributed by atoms with Gasteiger partial charge in [-0.3, -0.25) is 4.79 Å². The van der Waals surface area contributed by atoms with Gasteiger partial charge in [-0.15, -0.1) is 22.7 Å². The molecule has 1 aliphatic carbocycles. The molecule has 3 heterocycles. The zero-order valence-corrected chi connectivity index (χ0v) is 19.0. The van der Waals surface area contributed by atoms with E-state index < -0.39 is 16.1 Å². The standard InChI is InChI=1S/C19H20ClN3O3S3/c1-11-4-5-12-13(10-21)19(27-15(12)9-11)22-18(24)14-3-2-8-23(14)29(25,26)17-7-6-16(20)28-17/h6-7,11,14H,2-5,8-9H2,1H3,(H,22,24). The Hall–Kier alpha value is -1.44. The van der Waals surface area contributed by atoms with Gasteiger partial charge in [0.05, 0.1) is 9.90 Å². The van der Waals surface area contributed by atoms with Crippen molar-refractivity contribution in [1.29, 1.82) is 5.26 Å². The summed E-state index contributed by atoms with van der Waals surface area (Å²) in [6.07, 6.45) is 3.85. The van der Waals surface area contributed by atoms with Crippen LogP contribution in [0.5, 0.6) is 0 Å². The summed E-state index contributed by atoms with van der Waals surface area (Å²) < 4.78 is 27.7. The van der Waals surface area contributed by atoms with E-state index in [9.17, 15) is 18.5 Å². The van der Waals surface area contributed by atoms with E-state index in [0.717, 1.165) is 41.0 Å². The van der Waals surface area contributed by atoms with Gasteiger partial charge in [0, 0.05) is 11.4 Å². The van der Waals surface area contributed by atoms with Crippen molar-refractivity contribution < 1.29 is 13.2 Å². The number of anilines is 1. The lowest BCUT2D eigenvalue weighted by molar-refractivity contribution is -0.119. The number of hydrogen-bond acceptors (Lipinski definition) is 6. The number of nitriles is 1. The van der Waals surface area contributed by atoms with Crippen LogP contribution in [0.25, 0.3) is 0 Å². The van der Waals surface area contributed by atoms with Crippen LogP contribution in [0.1, 0.15) is 42.2 Å². The van der Waals surface area contributed by atoms with E-state index in [1.807, 2.05) is 0 Å². The van der Waals surface area contributed by atoms with Gasteiger partial charge in [-0.25, -0.2) is 8.42 Å². The second kappa shape index (κ2) is 8.00. The monoisotopic (exact) mass is 469 g/mol. The fourth-order valence-corrected chi connectivity index (χ4v) is 8.63. The van der Waals surface area contributed by atoms with Crippen LogP contribution >= 0.6 is 34.3 Å². The highest BCUT2D eigenvalue weighted by Gasteiger charge is 2.40. The molecule has 1 amide bonds. The summed E-state index contributed by atoms with van der Waals surface area (Å²) in [7, 11) is -3.78. The molecule has 2 unspecified atom stereocenters. The average Bonchev–Trinajstić information content (AvgIpc) is 3.39. The molecule has 2 aromatic rings. The lowest BCUT2D eigenvalue weighted by Gasteiger charge is -2.22. The molecular formula is C19H20ClN3O3S3. The van der Waals surface area contributed by atoms with Gasteiger partial charge < -0.3 is 5.32 Å². The molecule has 6 nitrogen and oxygen atoms in total. The smallest absolute Gasteiger partial charge is 0.253 e. The van der Waals surface area contributed by atoms with Crippen LogP contribution in [0.4, 0.5) is 5.00 Å². The van der Waals surface area contributed by atoms with Crippen LogP contribution in [-0.2, 0) is 27.7 Å². The van der Waals surface area contributed by atoms with Gasteiger partial charge in [-0.2, -0.15) is 9.57 Å². The maximum Gasteiger partial charge on any atom is 0.253 e. The first-order chi connectivity index (χ1) is 13.8. The Morgan fingerprint density at radius 3 is 2.83 bits per heavy atom. The third-order valence-corrected chi connectivity index (χ3v) is 10.3. The molecule has 4 rings (SSSR count). The van der Waals surface area contributed by atoms with Crippen molar-refractivity contribution in [2.24, 2.45) is 5.92 Å². The highest BCUT2D eigenvalue weighted by atomic mass is 35.5. The maximum absolute atomic E-state index is 13.0. The van der Waals surface area contributed by atoms with E-state index >= 15 is 0 Å². The van der Waals surface area contributed by atoms with Gasteiger partial charge in [0.1, 0.15) is 21.3 Å². The van der Waals surface area contributed by atoms with Crippen molar-refractivity contribution in [2.75, 3.05) is 11.9 Å². The molecule has 0 saturated carbocycles. The maximum atomic E-state index is 13.0. The molecule has 0 spiro atoms. The second-order valence-electron chi connectivity index (χ2n) is 7.49. The Balaban J connectivity index is 1.58. The van der Waals surface area contributed by atoms with Crippen LogP contribution in [0.2, 0.25) is 4.34 Å². The molecule has 2 aromatic heterocycles. The van der Waals surface area contributed by atoms with E-state index in [-0.39, 0.29) is 10.1 Å². The van der Waals surface area contributed by atoms with Gasteiger partial charge in [0.2, 0.25) is 5.91 Å². The molecule has 154 valence electrons. The first-order valence-electron chi connectivity index (χ1n) is 9.44.